The lowest BCUT2D eigenvalue weighted by molar-refractivity contribution is -0.137. The van der Waals surface area contributed by atoms with E-state index in [-0.39, 0.29) is 18.2 Å². The molecule has 29 heavy (non-hydrogen) atoms. The minimum atomic E-state index is -4.44. The SMILES string of the molecule is C/C(=C\C(=O)O)c1ccc(CCC(C)NCC(O)c2cccc(C(F)(F)F)c2)s1. The van der Waals surface area contributed by atoms with Crippen molar-refractivity contribution in [3.63, 3.8) is 0 Å². The minimum Gasteiger partial charge on any atom is -0.478 e. The van der Waals surface area contributed by atoms with Gasteiger partial charge in [0.1, 0.15) is 0 Å². The second kappa shape index (κ2) is 10.0. The number of aryl methyl sites for hydroxylation is 1. The minimum absolute atomic E-state index is 0.0525. The molecule has 0 amide bonds. The van der Waals surface area contributed by atoms with Gasteiger partial charge >= 0.3 is 12.1 Å². The maximum absolute atomic E-state index is 12.8. The van der Waals surface area contributed by atoms with Gasteiger partial charge < -0.3 is 15.5 Å². The molecule has 0 aliphatic carbocycles. The van der Waals surface area contributed by atoms with E-state index in [0.29, 0.717) is 5.57 Å². The zero-order valence-corrected chi connectivity index (χ0v) is 17.0. The number of hydrogen-bond donors (Lipinski definition) is 3. The van der Waals surface area contributed by atoms with E-state index in [4.69, 9.17) is 5.11 Å². The summed E-state index contributed by atoms with van der Waals surface area (Å²) < 4.78 is 38.4. The van der Waals surface area contributed by atoms with Gasteiger partial charge in [0.05, 0.1) is 11.7 Å². The van der Waals surface area contributed by atoms with Crippen LogP contribution in [0.5, 0.6) is 0 Å². The highest BCUT2D eigenvalue weighted by molar-refractivity contribution is 7.13. The number of hydrogen-bond acceptors (Lipinski definition) is 4. The molecule has 2 aromatic rings. The van der Waals surface area contributed by atoms with Crippen LogP contribution in [0.4, 0.5) is 13.2 Å². The molecule has 0 saturated carbocycles. The second-order valence-electron chi connectivity index (χ2n) is 6.92. The Morgan fingerprint density at radius 3 is 2.66 bits per heavy atom. The predicted octanol–water partition coefficient (Wildman–Crippen LogP) is 4.90. The number of nitrogens with one attached hydrogen (secondary N) is 1. The summed E-state index contributed by atoms with van der Waals surface area (Å²) in [6, 6.07) is 8.63. The lowest BCUT2D eigenvalue weighted by Gasteiger charge is -2.18. The number of benzene rings is 1. The summed E-state index contributed by atoms with van der Waals surface area (Å²) in [6.45, 7) is 3.85. The van der Waals surface area contributed by atoms with Crippen molar-refractivity contribution in [3.8, 4) is 0 Å². The van der Waals surface area contributed by atoms with Gasteiger partial charge in [-0.1, -0.05) is 12.1 Å². The second-order valence-corrected chi connectivity index (χ2v) is 8.09. The third-order valence-corrected chi connectivity index (χ3v) is 5.75. The molecule has 1 aromatic heterocycles. The van der Waals surface area contributed by atoms with Crippen LogP contribution in [0.25, 0.3) is 5.57 Å². The van der Waals surface area contributed by atoms with Gasteiger partial charge in [0.25, 0.3) is 0 Å². The summed E-state index contributed by atoms with van der Waals surface area (Å²) >= 11 is 1.53. The third kappa shape index (κ3) is 7.30. The number of carbonyl (C=O) groups is 1. The highest BCUT2D eigenvalue weighted by Crippen LogP contribution is 2.30. The van der Waals surface area contributed by atoms with E-state index in [1.54, 1.807) is 6.92 Å². The quantitative estimate of drug-likeness (QED) is 0.498. The molecule has 0 bridgehead atoms. The number of thiophene rings is 1. The average molecular weight is 427 g/mol. The van der Waals surface area contributed by atoms with Gasteiger partial charge in [-0.25, -0.2) is 4.79 Å². The molecule has 3 N–H and O–H groups in total. The van der Waals surface area contributed by atoms with Gasteiger partial charge in [0.2, 0.25) is 0 Å². The molecule has 1 heterocycles. The van der Waals surface area contributed by atoms with E-state index in [1.807, 2.05) is 19.1 Å². The topological polar surface area (TPSA) is 69.6 Å². The number of aliphatic hydroxyl groups excluding tert-OH is 1. The van der Waals surface area contributed by atoms with Crippen molar-refractivity contribution in [1.29, 1.82) is 0 Å². The molecule has 2 rings (SSSR count). The Bertz CT molecular complexity index is 861. The van der Waals surface area contributed by atoms with Gasteiger partial charge in [0.15, 0.2) is 0 Å². The van der Waals surface area contributed by atoms with Crippen LogP contribution in [0.15, 0.2) is 42.5 Å². The summed E-state index contributed by atoms with van der Waals surface area (Å²) in [4.78, 5) is 12.8. The first-order valence-electron chi connectivity index (χ1n) is 9.15. The number of aliphatic carboxylic acids is 1. The number of alkyl halides is 3. The Hall–Kier alpha value is -2.16. The monoisotopic (exact) mass is 427 g/mol. The zero-order valence-electron chi connectivity index (χ0n) is 16.2. The molecule has 0 spiro atoms. The molecule has 2 unspecified atom stereocenters. The van der Waals surface area contributed by atoms with Crippen LogP contribution in [-0.2, 0) is 17.4 Å². The maximum Gasteiger partial charge on any atom is 0.416 e. The Morgan fingerprint density at radius 2 is 2.00 bits per heavy atom. The molecule has 2 atom stereocenters. The standard InChI is InChI=1S/C21H24F3NO3S/c1-13(10-20(27)28)19-9-8-17(29-19)7-6-14(2)25-12-18(26)15-4-3-5-16(11-15)21(22,23)24/h3-5,8-11,14,18,25-26H,6-7,12H2,1-2H3,(H,27,28)/b13-10+. The largest absolute Gasteiger partial charge is 0.478 e. The number of allylic oxidation sites excluding steroid dienone is 1. The van der Waals surface area contributed by atoms with Crippen molar-refractivity contribution >= 4 is 22.9 Å². The van der Waals surface area contributed by atoms with Crippen LogP contribution < -0.4 is 5.32 Å². The van der Waals surface area contributed by atoms with Crippen LogP contribution in [0, 0.1) is 0 Å². The van der Waals surface area contributed by atoms with E-state index in [9.17, 15) is 23.1 Å². The Labute approximate surface area is 171 Å². The number of halogens is 3. The van der Waals surface area contributed by atoms with Crippen LogP contribution in [0.3, 0.4) is 0 Å². The third-order valence-electron chi connectivity index (χ3n) is 4.47. The van der Waals surface area contributed by atoms with E-state index < -0.39 is 23.8 Å². The fourth-order valence-electron chi connectivity index (χ4n) is 2.79. The van der Waals surface area contributed by atoms with Crippen molar-refractivity contribution in [2.75, 3.05) is 6.54 Å². The van der Waals surface area contributed by atoms with Gasteiger partial charge in [-0.05, 0) is 62.1 Å². The van der Waals surface area contributed by atoms with E-state index in [1.165, 1.54) is 29.5 Å². The zero-order chi connectivity index (χ0) is 21.6. The van der Waals surface area contributed by atoms with Crippen LogP contribution in [0.1, 0.15) is 47.3 Å². The molecule has 0 aliphatic rings. The highest BCUT2D eigenvalue weighted by Gasteiger charge is 2.30. The smallest absolute Gasteiger partial charge is 0.416 e. The van der Waals surface area contributed by atoms with E-state index in [0.717, 1.165) is 34.7 Å². The first-order valence-corrected chi connectivity index (χ1v) is 9.97. The molecule has 0 fully saturated rings. The van der Waals surface area contributed by atoms with Gasteiger partial charge in [-0.2, -0.15) is 13.2 Å². The fraction of sp³-hybridized carbons (Fsp3) is 0.381. The van der Waals surface area contributed by atoms with Crippen LogP contribution in [-0.4, -0.2) is 28.8 Å². The first-order chi connectivity index (χ1) is 13.6. The lowest BCUT2D eigenvalue weighted by Crippen LogP contribution is -2.30. The summed E-state index contributed by atoms with van der Waals surface area (Å²) in [5, 5.41) is 22.2. The van der Waals surface area contributed by atoms with Crippen molar-refractivity contribution in [3.05, 3.63) is 63.4 Å². The van der Waals surface area contributed by atoms with Crippen molar-refractivity contribution in [2.45, 2.75) is 45.0 Å². The van der Waals surface area contributed by atoms with E-state index in [2.05, 4.69) is 5.32 Å². The average Bonchev–Trinajstić information content (AvgIpc) is 3.12. The van der Waals surface area contributed by atoms with Gasteiger partial charge in [-0.15, -0.1) is 11.3 Å². The molecule has 0 saturated heterocycles. The number of rotatable bonds is 9. The predicted molar refractivity (Wildman–Crippen MR) is 108 cm³/mol. The Balaban J connectivity index is 1.84. The molecule has 4 nitrogen and oxygen atoms in total. The first kappa shape index (κ1) is 23.1. The molecule has 0 aliphatic heterocycles. The Kier molecular flexibility index (Phi) is 8.01. The molecular weight excluding hydrogens is 403 g/mol. The van der Waals surface area contributed by atoms with Crippen LogP contribution in [0.2, 0.25) is 0 Å². The van der Waals surface area contributed by atoms with Gasteiger partial charge in [0, 0.05) is 28.4 Å². The maximum atomic E-state index is 12.8. The normalized spacial score (nSPS) is 14.6. The molecule has 1 aromatic carbocycles. The highest BCUT2D eigenvalue weighted by atomic mass is 32.1. The fourth-order valence-corrected chi connectivity index (χ4v) is 3.79. The van der Waals surface area contributed by atoms with Gasteiger partial charge in [-0.3, -0.25) is 0 Å². The Morgan fingerprint density at radius 1 is 1.28 bits per heavy atom. The van der Waals surface area contributed by atoms with Crippen LogP contribution >= 0.6 is 11.3 Å². The summed E-state index contributed by atoms with van der Waals surface area (Å²) in [5.74, 6) is -0.977. The molecule has 8 heteroatoms. The number of carboxylic acids is 1. The molecule has 158 valence electrons. The van der Waals surface area contributed by atoms with E-state index >= 15 is 0 Å². The summed E-state index contributed by atoms with van der Waals surface area (Å²) in [6.07, 6.45) is -2.74. The molecular formula is C21H24F3NO3S. The van der Waals surface area contributed by atoms with Crippen molar-refractivity contribution in [2.24, 2.45) is 0 Å². The number of aliphatic hydroxyl groups is 1. The van der Waals surface area contributed by atoms with Crippen molar-refractivity contribution in [1.82, 2.24) is 5.32 Å². The summed E-state index contributed by atoms with van der Waals surface area (Å²) in [5.41, 5.74) is 0.148. The molecule has 0 radical (unpaired) electrons. The van der Waals surface area contributed by atoms with Crippen molar-refractivity contribution < 1.29 is 28.2 Å². The summed E-state index contributed by atoms with van der Waals surface area (Å²) in [7, 11) is 0. The number of carboxylic acid groups (broad SMARTS) is 1. The lowest BCUT2D eigenvalue weighted by atomic mass is 10.0.